The molecule has 0 bridgehead atoms. The number of hydrogen-bond acceptors (Lipinski definition) is 1. The highest BCUT2D eigenvalue weighted by Gasteiger charge is 2.28. The second kappa shape index (κ2) is 1.97. The van der Waals surface area contributed by atoms with Gasteiger partial charge in [0.2, 0.25) is 5.91 Å². The van der Waals surface area contributed by atoms with Crippen LogP contribution in [0.5, 0.6) is 0 Å². The minimum absolute atomic E-state index is 0.0416. The predicted molar refractivity (Wildman–Crippen MR) is 37.1 cm³/mol. The molecule has 1 fully saturated rings. The van der Waals surface area contributed by atoms with Crippen LogP contribution < -0.4 is 5.32 Å². The first-order valence-corrected chi connectivity index (χ1v) is 3.47. The fourth-order valence-electron chi connectivity index (χ4n) is 1.38. The number of fused-ring (bicyclic) bond motifs is 1. The van der Waals surface area contributed by atoms with Gasteiger partial charge < -0.3 is 0 Å². The Hall–Kier alpha value is -1.05. The van der Waals surface area contributed by atoms with Crippen LogP contribution in [-0.2, 0) is 4.79 Å². The Balaban J connectivity index is 2.26. The summed E-state index contributed by atoms with van der Waals surface area (Å²) in [7, 11) is 0. The molecule has 0 saturated carbocycles. The molecule has 1 aliphatic heterocycles. The quantitative estimate of drug-likeness (QED) is 0.486. The van der Waals surface area contributed by atoms with Crippen LogP contribution in [0.15, 0.2) is 23.9 Å². The molecule has 1 atom stereocenters. The lowest BCUT2D eigenvalue weighted by Crippen LogP contribution is -2.03. The topological polar surface area (TPSA) is 31.2 Å². The molecule has 0 aromatic carbocycles. The lowest BCUT2D eigenvalue weighted by atomic mass is 9.97. The molecule has 51 valence electrons. The van der Waals surface area contributed by atoms with Crippen LogP contribution in [0.1, 0.15) is 12.8 Å². The molecule has 1 unspecified atom stereocenters. The van der Waals surface area contributed by atoms with Gasteiger partial charge in [0.1, 0.15) is 0 Å². The average Bonchev–Trinajstić information content (AvgIpc) is 2.27. The van der Waals surface area contributed by atoms with E-state index in [1.54, 1.807) is 0 Å². The number of allylic oxidation sites excluding steroid dienone is 4. The highest BCUT2D eigenvalue weighted by Crippen LogP contribution is 2.27. The minimum atomic E-state index is 0.0416. The van der Waals surface area contributed by atoms with Crippen LogP contribution >= 0.6 is 0 Å². The summed E-state index contributed by atoms with van der Waals surface area (Å²) in [5.74, 6) is 0.442. The highest BCUT2D eigenvalue weighted by molar-refractivity contribution is 5.81. The van der Waals surface area contributed by atoms with Gasteiger partial charge in [-0.25, -0.2) is 5.32 Å². The number of amides is 1. The SMILES string of the molecule is O=C1CC2CC=CC=C2[N]1. The van der Waals surface area contributed by atoms with E-state index in [1.807, 2.05) is 12.2 Å². The van der Waals surface area contributed by atoms with Crippen molar-refractivity contribution in [3.63, 3.8) is 0 Å². The fraction of sp³-hybridized carbons (Fsp3) is 0.375. The molecule has 1 radical (unpaired) electrons. The summed E-state index contributed by atoms with van der Waals surface area (Å²) in [5, 5.41) is 3.88. The van der Waals surface area contributed by atoms with Crippen molar-refractivity contribution >= 4 is 5.91 Å². The maximum Gasteiger partial charge on any atom is 0.246 e. The monoisotopic (exact) mass is 134 g/mol. The third-order valence-corrected chi connectivity index (χ3v) is 1.92. The molecule has 0 aromatic rings. The van der Waals surface area contributed by atoms with E-state index in [1.165, 1.54) is 0 Å². The molecule has 1 aliphatic carbocycles. The van der Waals surface area contributed by atoms with Crippen LogP contribution in [0.3, 0.4) is 0 Å². The zero-order valence-electron chi connectivity index (χ0n) is 5.58. The van der Waals surface area contributed by atoms with E-state index >= 15 is 0 Å². The van der Waals surface area contributed by atoms with Gasteiger partial charge in [-0.1, -0.05) is 12.2 Å². The Labute approximate surface area is 59.6 Å². The van der Waals surface area contributed by atoms with E-state index in [2.05, 4.69) is 11.4 Å². The van der Waals surface area contributed by atoms with Gasteiger partial charge in [-0.15, -0.1) is 0 Å². The van der Waals surface area contributed by atoms with Crippen LogP contribution in [-0.4, -0.2) is 5.91 Å². The van der Waals surface area contributed by atoms with Crippen LogP contribution in [0.25, 0.3) is 0 Å². The van der Waals surface area contributed by atoms with Gasteiger partial charge in [-0.3, -0.25) is 4.79 Å². The molecular weight excluding hydrogens is 126 g/mol. The summed E-state index contributed by atoms with van der Waals surface area (Å²) in [4.78, 5) is 10.8. The largest absolute Gasteiger partial charge is 0.273 e. The average molecular weight is 134 g/mol. The molecule has 0 aromatic heterocycles. The van der Waals surface area contributed by atoms with Gasteiger partial charge in [-0.05, 0) is 12.5 Å². The molecular formula is C8H8NO. The number of carbonyl (C=O) groups excluding carboxylic acids is 1. The minimum Gasteiger partial charge on any atom is -0.273 e. The molecule has 10 heavy (non-hydrogen) atoms. The van der Waals surface area contributed by atoms with Crippen molar-refractivity contribution in [2.45, 2.75) is 12.8 Å². The van der Waals surface area contributed by atoms with E-state index in [9.17, 15) is 4.79 Å². The molecule has 2 nitrogen and oxygen atoms in total. The Bertz CT molecular complexity index is 227. The van der Waals surface area contributed by atoms with Crippen LogP contribution in [0.4, 0.5) is 0 Å². The fourth-order valence-corrected chi connectivity index (χ4v) is 1.38. The summed E-state index contributed by atoms with van der Waals surface area (Å²) in [5.41, 5.74) is 0.979. The zero-order chi connectivity index (χ0) is 6.97. The first-order valence-electron chi connectivity index (χ1n) is 3.47. The number of hydrogen-bond donors (Lipinski definition) is 0. The molecule has 2 heteroatoms. The van der Waals surface area contributed by atoms with E-state index in [0.717, 1.165) is 12.1 Å². The van der Waals surface area contributed by atoms with Crippen molar-refractivity contribution in [3.8, 4) is 0 Å². The van der Waals surface area contributed by atoms with E-state index in [4.69, 9.17) is 0 Å². The van der Waals surface area contributed by atoms with Gasteiger partial charge in [0, 0.05) is 18.0 Å². The number of rotatable bonds is 0. The summed E-state index contributed by atoms with van der Waals surface area (Å²) in [6.07, 6.45) is 7.59. The second-order valence-corrected chi connectivity index (χ2v) is 2.66. The van der Waals surface area contributed by atoms with Gasteiger partial charge >= 0.3 is 0 Å². The lowest BCUT2D eigenvalue weighted by molar-refractivity contribution is -0.119. The zero-order valence-corrected chi connectivity index (χ0v) is 5.58. The first-order chi connectivity index (χ1) is 4.86. The Kier molecular flexibility index (Phi) is 1.13. The normalized spacial score (nSPS) is 29.4. The predicted octanol–water partition coefficient (Wildman–Crippen LogP) is 0.981. The van der Waals surface area contributed by atoms with Crippen molar-refractivity contribution in [2.24, 2.45) is 5.92 Å². The van der Waals surface area contributed by atoms with Gasteiger partial charge in [0.05, 0.1) is 0 Å². The molecule has 2 rings (SSSR count). The van der Waals surface area contributed by atoms with E-state index in [-0.39, 0.29) is 5.91 Å². The Morgan fingerprint density at radius 1 is 1.60 bits per heavy atom. The van der Waals surface area contributed by atoms with Gasteiger partial charge in [-0.2, -0.15) is 0 Å². The second-order valence-electron chi connectivity index (χ2n) is 2.66. The summed E-state index contributed by atoms with van der Waals surface area (Å²) in [6, 6.07) is 0. The van der Waals surface area contributed by atoms with Gasteiger partial charge in [0.15, 0.2) is 0 Å². The molecule has 1 amide bonds. The third kappa shape index (κ3) is 0.764. The van der Waals surface area contributed by atoms with E-state index in [0.29, 0.717) is 12.3 Å². The summed E-state index contributed by atoms with van der Waals surface area (Å²) >= 11 is 0. The van der Waals surface area contributed by atoms with Crippen molar-refractivity contribution in [2.75, 3.05) is 0 Å². The molecule has 2 aliphatic rings. The lowest BCUT2D eigenvalue weighted by Gasteiger charge is -2.07. The van der Waals surface area contributed by atoms with Crippen molar-refractivity contribution in [1.82, 2.24) is 5.32 Å². The van der Waals surface area contributed by atoms with Crippen molar-refractivity contribution in [1.29, 1.82) is 0 Å². The standard InChI is InChI=1S/C8H8NO/c10-8-5-6-3-1-2-4-7(6)9-8/h1-2,4,6H,3,5H2. The molecule has 0 N–H and O–H groups in total. The Morgan fingerprint density at radius 3 is 3.30 bits per heavy atom. The third-order valence-electron chi connectivity index (χ3n) is 1.92. The molecule has 1 saturated heterocycles. The smallest absolute Gasteiger partial charge is 0.246 e. The Morgan fingerprint density at radius 2 is 2.50 bits per heavy atom. The maximum absolute atomic E-state index is 10.8. The molecule has 0 spiro atoms. The van der Waals surface area contributed by atoms with Crippen LogP contribution in [0, 0.1) is 5.92 Å². The van der Waals surface area contributed by atoms with Gasteiger partial charge in [0.25, 0.3) is 0 Å². The highest BCUT2D eigenvalue weighted by atomic mass is 16.1. The number of nitrogens with zero attached hydrogens (tertiary/aromatic N) is 1. The summed E-state index contributed by atoms with van der Waals surface area (Å²) < 4.78 is 0. The van der Waals surface area contributed by atoms with Crippen molar-refractivity contribution < 1.29 is 4.79 Å². The first kappa shape index (κ1) is 5.71. The summed E-state index contributed by atoms with van der Waals surface area (Å²) in [6.45, 7) is 0. The van der Waals surface area contributed by atoms with Crippen molar-refractivity contribution in [3.05, 3.63) is 23.9 Å². The van der Waals surface area contributed by atoms with E-state index < -0.39 is 0 Å². The maximum atomic E-state index is 10.8. The number of carbonyl (C=O) groups is 1. The molecule has 1 heterocycles. The van der Waals surface area contributed by atoms with Crippen LogP contribution in [0.2, 0.25) is 0 Å².